The molecule has 5 heteroatoms. The maximum atomic E-state index is 13.2. The summed E-state index contributed by atoms with van der Waals surface area (Å²) >= 11 is 5.57. The van der Waals surface area contributed by atoms with Crippen molar-refractivity contribution in [3.05, 3.63) is 17.3 Å². The number of rotatable bonds is 6. The van der Waals surface area contributed by atoms with E-state index < -0.39 is 5.82 Å². The molecule has 0 spiro atoms. The summed E-state index contributed by atoms with van der Waals surface area (Å²) < 4.78 is 13.2. The molecule has 0 aliphatic carbocycles. The Hall–Kier alpha value is -0.900. The van der Waals surface area contributed by atoms with Crippen LogP contribution in [0.1, 0.15) is 33.1 Å². The van der Waals surface area contributed by atoms with Gasteiger partial charge in [0, 0.05) is 6.54 Å². The molecule has 0 atom stereocenters. The van der Waals surface area contributed by atoms with Crippen LogP contribution >= 0.6 is 11.6 Å². The third-order valence-corrected chi connectivity index (χ3v) is 2.40. The molecule has 0 aliphatic rings. The summed E-state index contributed by atoms with van der Waals surface area (Å²) in [6.45, 7) is 5.09. The van der Waals surface area contributed by atoms with Crippen LogP contribution in [-0.2, 0) is 0 Å². The minimum atomic E-state index is -0.465. The molecule has 1 rings (SSSR count). The molecule has 0 unspecified atom stereocenters. The maximum absolute atomic E-state index is 13.2. The second kappa shape index (κ2) is 6.63. The molecule has 1 aromatic rings. The smallest absolute Gasteiger partial charge is 0.224 e. The SMILES string of the molecule is CC(C)CCCCNc1nc(Cl)ncc1F. The maximum Gasteiger partial charge on any atom is 0.224 e. The molecule has 3 nitrogen and oxygen atoms in total. The number of aromatic nitrogens is 2. The first-order valence-electron chi connectivity index (χ1n) is 5.51. The Bertz CT molecular complexity index is 331. The predicted octanol–water partition coefficient (Wildman–Crippen LogP) is 3.51. The van der Waals surface area contributed by atoms with Crippen LogP contribution in [0.2, 0.25) is 5.28 Å². The minimum absolute atomic E-state index is 0.0612. The highest BCUT2D eigenvalue weighted by molar-refractivity contribution is 6.28. The molecule has 1 heterocycles. The zero-order valence-electron chi connectivity index (χ0n) is 9.63. The van der Waals surface area contributed by atoms with Gasteiger partial charge in [0.05, 0.1) is 6.20 Å². The van der Waals surface area contributed by atoms with Gasteiger partial charge in [0.1, 0.15) is 0 Å². The van der Waals surface area contributed by atoms with Crippen molar-refractivity contribution >= 4 is 17.4 Å². The average molecular weight is 246 g/mol. The van der Waals surface area contributed by atoms with Crippen molar-refractivity contribution in [1.29, 1.82) is 0 Å². The highest BCUT2D eigenvalue weighted by atomic mass is 35.5. The molecule has 0 saturated carbocycles. The van der Waals surface area contributed by atoms with Gasteiger partial charge in [0.25, 0.3) is 0 Å². The first-order chi connectivity index (χ1) is 7.59. The third-order valence-electron chi connectivity index (χ3n) is 2.22. The van der Waals surface area contributed by atoms with Crippen LogP contribution in [0.3, 0.4) is 0 Å². The van der Waals surface area contributed by atoms with E-state index in [0.717, 1.165) is 19.0 Å². The Morgan fingerprint density at radius 2 is 2.19 bits per heavy atom. The Morgan fingerprint density at radius 1 is 1.44 bits per heavy atom. The third kappa shape index (κ3) is 4.75. The lowest BCUT2D eigenvalue weighted by molar-refractivity contribution is 0.543. The van der Waals surface area contributed by atoms with E-state index in [0.29, 0.717) is 12.5 Å². The molecule has 16 heavy (non-hydrogen) atoms. The monoisotopic (exact) mass is 245 g/mol. The number of halogens is 2. The highest BCUT2D eigenvalue weighted by Crippen LogP contribution is 2.12. The summed E-state index contributed by atoms with van der Waals surface area (Å²) in [4.78, 5) is 7.32. The second-order valence-electron chi connectivity index (χ2n) is 4.15. The van der Waals surface area contributed by atoms with E-state index in [9.17, 15) is 4.39 Å². The summed E-state index contributed by atoms with van der Waals surface area (Å²) in [6, 6.07) is 0. The molecule has 1 N–H and O–H groups in total. The lowest BCUT2D eigenvalue weighted by Crippen LogP contribution is -2.06. The molecule has 0 aromatic carbocycles. The fourth-order valence-electron chi connectivity index (χ4n) is 1.35. The normalized spacial score (nSPS) is 10.8. The van der Waals surface area contributed by atoms with Gasteiger partial charge in [-0.2, -0.15) is 4.98 Å². The Kier molecular flexibility index (Phi) is 5.46. The van der Waals surface area contributed by atoms with Crippen molar-refractivity contribution in [2.75, 3.05) is 11.9 Å². The van der Waals surface area contributed by atoms with Crippen molar-refractivity contribution in [2.45, 2.75) is 33.1 Å². The molecule has 0 radical (unpaired) electrons. The summed E-state index contributed by atoms with van der Waals surface area (Å²) in [5, 5.41) is 2.98. The molecule has 1 aromatic heterocycles. The van der Waals surface area contributed by atoms with Gasteiger partial charge in [-0.25, -0.2) is 9.37 Å². The largest absolute Gasteiger partial charge is 0.367 e. The van der Waals surface area contributed by atoms with E-state index >= 15 is 0 Å². The van der Waals surface area contributed by atoms with Gasteiger partial charge in [0.15, 0.2) is 11.6 Å². The summed E-state index contributed by atoms with van der Waals surface area (Å²) in [7, 11) is 0. The van der Waals surface area contributed by atoms with E-state index in [2.05, 4.69) is 29.1 Å². The van der Waals surface area contributed by atoms with E-state index in [4.69, 9.17) is 11.6 Å². The number of anilines is 1. The van der Waals surface area contributed by atoms with E-state index in [1.54, 1.807) is 0 Å². The Balaban J connectivity index is 2.29. The fourth-order valence-corrected chi connectivity index (χ4v) is 1.49. The number of unbranched alkanes of at least 4 members (excludes halogenated alkanes) is 1. The minimum Gasteiger partial charge on any atom is -0.367 e. The van der Waals surface area contributed by atoms with E-state index in [1.165, 1.54) is 6.42 Å². The van der Waals surface area contributed by atoms with Crippen LogP contribution in [0, 0.1) is 11.7 Å². The van der Waals surface area contributed by atoms with Crippen molar-refractivity contribution in [2.24, 2.45) is 5.92 Å². The standard InChI is InChI=1S/C11H17ClFN3/c1-8(2)5-3-4-6-14-10-9(13)7-15-11(12)16-10/h7-8H,3-6H2,1-2H3,(H,14,15,16). The Morgan fingerprint density at radius 3 is 2.88 bits per heavy atom. The quantitative estimate of drug-likeness (QED) is 0.616. The molecule has 0 aliphatic heterocycles. The first-order valence-corrected chi connectivity index (χ1v) is 5.89. The molecular formula is C11H17ClFN3. The van der Waals surface area contributed by atoms with Crippen LogP contribution in [0.15, 0.2) is 6.20 Å². The highest BCUT2D eigenvalue weighted by Gasteiger charge is 2.04. The van der Waals surface area contributed by atoms with Crippen molar-refractivity contribution in [1.82, 2.24) is 9.97 Å². The van der Waals surface area contributed by atoms with E-state index in [-0.39, 0.29) is 11.1 Å². The van der Waals surface area contributed by atoms with Gasteiger partial charge in [-0.05, 0) is 23.9 Å². The van der Waals surface area contributed by atoms with E-state index in [1.807, 2.05) is 0 Å². The number of nitrogens with zero attached hydrogens (tertiary/aromatic N) is 2. The van der Waals surface area contributed by atoms with Crippen LogP contribution in [0.25, 0.3) is 0 Å². The van der Waals surface area contributed by atoms with Crippen LogP contribution in [0.5, 0.6) is 0 Å². The molecule has 0 fully saturated rings. The van der Waals surface area contributed by atoms with Gasteiger partial charge in [-0.15, -0.1) is 0 Å². The molecular weight excluding hydrogens is 229 g/mol. The zero-order valence-corrected chi connectivity index (χ0v) is 10.4. The lowest BCUT2D eigenvalue weighted by Gasteiger charge is -2.07. The lowest BCUT2D eigenvalue weighted by atomic mass is 10.1. The number of nitrogens with one attached hydrogen (secondary N) is 1. The predicted molar refractivity (Wildman–Crippen MR) is 64.2 cm³/mol. The van der Waals surface area contributed by atoms with Crippen LogP contribution < -0.4 is 5.32 Å². The fraction of sp³-hybridized carbons (Fsp3) is 0.636. The van der Waals surface area contributed by atoms with Crippen LogP contribution in [0.4, 0.5) is 10.2 Å². The summed E-state index contributed by atoms with van der Waals surface area (Å²) in [5.74, 6) is 0.433. The van der Waals surface area contributed by atoms with Crippen molar-refractivity contribution in [3.8, 4) is 0 Å². The van der Waals surface area contributed by atoms with Gasteiger partial charge in [-0.1, -0.05) is 26.7 Å². The zero-order chi connectivity index (χ0) is 12.0. The first kappa shape index (κ1) is 13.2. The average Bonchev–Trinajstić information content (AvgIpc) is 2.22. The topological polar surface area (TPSA) is 37.8 Å². The van der Waals surface area contributed by atoms with Gasteiger partial charge < -0.3 is 5.32 Å². The summed E-state index contributed by atoms with van der Waals surface area (Å²) in [5.41, 5.74) is 0. The number of hydrogen-bond acceptors (Lipinski definition) is 3. The van der Waals surface area contributed by atoms with Crippen molar-refractivity contribution in [3.63, 3.8) is 0 Å². The molecule has 0 amide bonds. The van der Waals surface area contributed by atoms with Crippen LogP contribution in [-0.4, -0.2) is 16.5 Å². The molecule has 0 bridgehead atoms. The number of hydrogen-bond donors (Lipinski definition) is 1. The van der Waals surface area contributed by atoms with Gasteiger partial charge >= 0.3 is 0 Å². The van der Waals surface area contributed by atoms with Gasteiger partial charge in [-0.3, -0.25) is 0 Å². The second-order valence-corrected chi connectivity index (χ2v) is 4.49. The Labute approximate surface area is 100 Å². The molecule has 90 valence electrons. The summed E-state index contributed by atoms with van der Waals surface area (Å²) in [6.07, 6.45) is 4.39. The van der Waals surface area contributed by atoms with Gasteiger partial charge in [0.2, 0.25) is 5.28 Å². The molecule has 0 saturated heterocycles. The van der Waals surface area contributed by atoms with Crippen molar-refractivity contribution < 1.29 is 4.39 Å².